The predicted molar refractivity (Wildman–Crippen MR) is 163 cm³/mol. The first-order valence-electron chi connectivity index (χ1n) is 13.3. The van der Waals surface area contributed by atoms with E-state index in [0.29, 0.717) is 33.9 Å². The second-order valence-electron chi connectivity index (χ2n) is 9.61. The minimum Gasteiger partial charge on any atom is -0.377 e. The van der Waals surface area contributed by atoms with Crippen LogP contribution in [0.5, 0.6) is 0 Å². The summed E-state index contributed by atoms with van der Waals surface area (Å²) in [5.41, 5.74) is 12.2. The van der Waals surface area contributed by atoms with Gasteiger partial charge < -0.3 is 16.1 Å². The second kappa shape index (κ2) is 12.4. The van der Waals surface area contributed by atoms with Crippen LogP contribution in [0.3, 0.4) is 0 Å². The van der Waals surface area contributed by atoms with Gasteiger partial charge in [-0.1, -0.05) is 67.1 Å². The van der Waals surface area contributed by atoms with Gasteiger partial charge in [-0.05, 0) is 41.8 Å². The number of fused-ring (bicyclic) bond motifs is 1. The average molecular weight is 561 g/mol. The van der Waals surface area contributed by atoms with Gasteiger partial charge in [0.2, 0.25) is 0 Å². The van der Waals surface area contributed by atoms with Crippen LogP contribution in [0.25, 0.3) is 10.9 Å². The quantitative estimate of drug-likeness (QED) is 0.158. The summed E-state index contributed by atoms with van der Waals surface area (Å²) in [5, 5.41) is 29.8. The van der Waals surface area contributed by atoms with Gasteiger partial charge in [-0.15, -0.1) is 12.1 Å². The number of pyridine rings is 1. The van der Waals surface area contributed by atoms with Crippen molar-refractivity contribution in [2.75, 3.05) is 17.2 Å². The number of aromatic nitrogens is 1. The van der Waals surface area contributed by atoms with Crippen molar-refractivity contribution in [2.45, 2.75) is 25.4 Å². The first kappa shape index (κ1) is 27.5. The molecule has 1 aromatic heterocycles. The number of hydrogen-bond acceptors (Lipinski definition) is 8. The fraction of sp³-hybridized carbons (Fsp3) is 0.156. The van der Waals surface area contributed by atoms with Gasteiger partial charge >= 0.3 is 0 Å². The number of anilines is 2. The third-order valence-electron chi connectivity index (χ3n) is 6.91. The van der Waals surface area contributed by atoms with Crippen LogP contribution in [0.1, 0.15) is 47.7 Å². The zero-order valence-corrected chi connectivity index (χ0v) is 23.3. The Morgan fingerprint density at radius 1 is 1.05 bits per heavy atom. The van der Waals surface area contributed by atoms with E-state index in [1.165, 1.54) is 0 Å². The Bertz CT molecular complexity index is 1690. The Morgan fingerprint density at radius 2 is 1.85 bits per heavy atom. The molecule has 0 aliphatic carbocycles. The molecule has 0 bridgehead atoms. The Balaban J connectivity index is 1.59. The Morgan fingerprint density at radius 3 is 2.59 bits per heavy atom. The highest BCUT2D eigenvalue weighted by atomic mass is 35.5. The van der Waals surface area contributed by atoms with Gasteiger partial charge in [-0.2, -0.15) is 10.5 Å². The summed E-state index contributed by atoms with van der Waals surface area (Å²) >= 11 is 6.80. The van der Waals surface area contributed by atoms with Crippen molar-refractivity contribution < 1.29 is 0 Å². The molecule has 1 aliphatic heterocycles. The predicted octanol–water partition coefficient (Wildman–Crippen LogP) is 6.70. The Labute approximate surface area is 244 Å². The van der Waals surface area contributed by atoms with E-state index >= 15 is 0 Å². The molecule has 0 fully saturated rings. The molecule has 3 aromatic carbocycles. The monoisotopic (exact) mass is 560 g/mol. The van der Waals surface area contributed by atoms with E-state index in [1.54, 1.807) is 18.3 Å². The van der Waals surface area contributed by atoms with Crippen LogP contribution in [0.4, 0.5) is 11.4 Å². The lowest BCUT2D eigenvalue weighted by molar-refractivity contribution is 0.297. The van der Waals surface area contributed by atoms with Gasteiger partial charge in [-0.25, -0.2) is 0 Å². The third kappa shape index (κ3) is 5.95. The fourth-order valence-corrected chi connectivity index (χ4v) is 5.18. The Hall–Kier alpha value is -5.02. The number of benzene rings is 3. The molecular formula is C32H29ClN8. The lowest BCUT2D eigenvalue weighted by atomic mass is 10.0. The highest BCUT2D eigenvalue weighted by molar-refractivity contribution is 6.35. The van der Waals surface area contributed by atoms with Crippen molar-refractivity contribution in [3.63, 3.8) is 0 Å². The van der Waals surface area contributed by atoms with Crippen molar-refractivity contribution in [1.82, 2.24) is 21.0 Å². The van der Waals surface area contributed by atoms with Gasteiger partial charge in [0.15, 0.2) is 0 Å². The van der Waals surface area contributed by atoms with Gasteiger partial charge in [0.1, 0.15) is 6.07 Å². The van der Waals surface area contributed by atoms with E-state index < -0.39 is 0 Å². The number of rotatable bonds is 10. The molecule has 0 amide bonds. The molecular weight excluding hydrogens is 532 g/mol. The van der Waals surface area contributed by atoms with E-state index in [-0.39, 0.29) is 12.1 Å². The highest BCUT2D eigenvalue weighted by Crippen LogP contribution is 2.37. The molecule has 204 valence electrons. The fourth-order valence-electron chi connectivity index (χ4n) is 4.91. The molecule has 0 radical (unpaired) electrons. The van der Waals surface area contributed by atoms with E-state index in [2.05, 4.69) is 64.4 Å². The van der Waals surface area contributed by atoms with E-state index in [4.69, 9.17) is 11.6 Å². The lowest BCUT2D eigenvalue weighted by Gasteiger charge is -2.24. The summed E-state index contributed by atoms with van der Waals surface area (Å²) in [7, 11) is 0. The second-order valence-corrected chi connectivity index (χ2v) is 10.0. The topological polar surface area (TPSA) is 112 Å². The summed E-state index contributed by atoms with van der Waals surface area (Å²) in [6.45, 7) is 6.51. The number of halogens is 1. The van der Waals surface area contributed by atoms with Crippen molar-refractivity contribution in [1.29, 1.82) is 10.5 Å². The van der Waals surface area contributed by atoms with Gasteiger partial charge in [0.05, 0.1) is 57.7 Å². The minimum absolute atomic E-state index is 0.0134. The summed E-state index contributed by atoms with van der Waals surface area (Å²) in [6, 6.07) is 25.5. The highest BCUT2D eigenvalue weighted by Gasteiger charge is 2.24. The zero-order valence-electron chi connectivity index (χ0n) is 22.5. The third-order valence-corrected chi connectivity index (χ3v) is 7.20. The molecule has 2 atom stereocenters. The van der Waals surface area contributed by atoms with Crippen LogP contribution in [-0.2, 0) is 0 Å². The van der Waals surface area contributed by atoms with E-state index in [0.717, 1.165) is 34.3 Å². The van der Waals surface area contributed by atoms with Crippen LogP contribution in [0.2, 0.25) is 5.02 Å². The first-order valence-corrected chi connectivity index (χ1v) is 13.6. The first-order chi connectivity index (χ1) is 20.0. The molecule has 8 nitrogen and oxygen atoms in total. The molecule has 4 N–H and O–H groups in total. The van der Waals surface area contributed by atoms with Crippen LogP contribution in [0.15, 0.2) is 97.5 Å². The Kier molecular flexibility index (Phi) is 8.36. The standard InChI is InChI=1S/C32H29ClN8/c1-3-13-41-20-29(39-40-41)31(23-12-8-9-21(14-23)17-34)37-25-15-26-30(24(18-35)19-36-32(26)27(33)16-25)38-28(4-2)22-10-6-5-7-11-22/h3,5-12,14-16,19-20,28,31,37,39-40H,1,4,13H2,2H3,(H,36,38)/t28-,31?/m1/s1. The molecule has 9 heteroatoms. The number of nitrogens with one attached hydrogen (secondary N) is 4. The average Bonchev–Trinajstić information content (AvgIpc) is 3.47. The molecule has 2 heterocycles. The van der Waals surface area contributed by atoms with Gasteiger partial charge in [-0.3, -0.25) is 9.99 Å². The minimum atomic E-state index is -0.352. The summed E-state index contributed by atoms with van der Waals surface area (Å²) in [5.74, 6) is 0. The van der Waals surface area contributed by atoms with Crippen LogP contribution in [0, 0.1) is 22.7 Å². The van der Waals surface area contributed by atoms with Crippen molar-refractivity contribution >= 4 is 33.9 Å². The number of hydrazine groups is 2. The van der Waals surface area contributed by atoms with Crippen molar-refractivity contribution in [2.24, 2.45) is 0 Å². The van der Waals surface area contributed by atoms with Gasteiger partial charge in [0.25, 0.3) is 0 Å². The molecule has 0 spiro atoms. The molecule has 1 unspecified atom stereocenters. The SMILES string of the molecule is C=CCN1C=C(C(Nc2cc(Cl)c3ncc(C#N)c(N[C@H](CC)c4ccccc4)c3c2)c2cccc(C#N)c2)NN1. The zero-order chi connectivity index (χ0) is 28.8. The number of nitrogens with zero attached hydrogens (tertiary/aromatic N) is 4. The van der Waals surface area contributed by atoms with Crippen LogP contribution >= 0.6 is 11.6 Å². The number of nitriles is 2. The van der Waals surface area contributed by atoms with Crippen molar-refractivity contribution in [3.8, 4) is 12.1 Å². The van der Waals surface area contributed by atoms with Crippen LogP contribution < -0.4 is 21.6 Å². The molecule has 4 aromatic rings. The lowest BCUT2D eigenvalue weighted by Crippen LogP contribution is -2.37. The molecule has 1 aliphatic rings. The van der Waals surface area contributed by atoms with Gasteiger partial charge in [0, 0.05) is 23.5 Å². The molecule has 0 saturated carbocycles. The molecule has 41 heavy (non-hydrogen) atoms. The van der Waals surface area contributed by atoms with Crippen LogP contribution in [-0.4, -0.2) is 16.5 Å². The largest absolute Gasteiger partial charge is 0.377 e. The smallest absolute Gasteiger partial charge is 0.103 e. The maximum absolute atomic E-state index is 9.99. The normalized spacial score (nSPS) is 13.9. The van der Waals surface area contributed by atoms with E-state index in [9.17, 15) is 10.5 Å². The number of hydrogen-bond donors (Lipinski definition) is 4. The summed E-state index contributed by atoms with van der Waals surface area (Å²) in [6.07, 6.45) is 6.12. The maximum atomic E-state index is 9.99. The summed E-state index contributed by atoms with van der Waals surface area (Å²) in [4.78, 5) is 4.52. The van der Waals surface area contributed by atoms with Crippen molar-refractivity contribution in [3.05, 3.63) is 125 Å². The molecule has 0 saturated heterocycles. The van der Waals surface area contributed by atoms with E-state index in [1.807, 2.05) is 59.7 Å². The molecule has 5 rings (SSSR count). The maximum Gasteiger partial charge on any atom is 0.103 e. The summed E-state index contributed by atoms with van der Waals surface area (Å²) < 4.78 is 0.